The molecule has 0 radical (unpaired) electrons. The fourth-order valence-corrected chi connectivity index (χ4v) is 1.82. The van der Waals surface area contributed by atoms with Gasteiger partial charge in [-0.25, -0.2) is 0 Å². The highest BCUT2D eigenvalue weighted by Gasteiger charge is 2.32. The topological polar surface area (TPSA) is 31.4 Å². The molecule has 1 aromatic carbocycles. The molecule has 0 saturated heterocycles. The molecule has 0 bridgehead atoms. The highest BCUT2D eigenvalue weighted by molar-refractivity contribution is 6.17. The summed E-state index contributed by atoms with van der Waals surface area (Å²) in [5, 5.41) is 0. The quantitative estimate of drug-likeness (QED) is 0.758. The third-order valence-electron chi connectivity index (χ3n) is 2.52. The number of pyridine rings is 1. The van der Waals surface area contributed by atoms with E-state index < -0.39 is 12.1 Å². The summed E-state index contributed by atoms with van der Waals surface area (Å²) in [4.78, 5) is 4.06. The first-order valence-electron chi connectivity index (χ1n) is 5.93. The molecule has 2 aromatic rings. The Balaban J connectivity index is 2.34. The second kappa shape index (κ2) is 6.22. The van der Waals surface area contributed by atoms with Gasteiger partial charge in [0, 0.05) is 23.5 Å². The minimum Gasteiger partial charge on any atom is -0.453 e. The molecule has 112 valence electrons. The lowest BCUT2D eigenvalue weighted by atomic mass is 10.2. The van der Waals surface area contributed by atoms with Crippen molar-refractivity contribution < 1.29 is 22.6 Å². The summed E-state index contributed by atoms with van der Waals surface area (Å²) < 4.78 is 46.5. The molecule has 0 amide bonds. The molecule has 3 nitrogen and oxygen atoms in total. The van der Waals surface area contributed by atoms with E-state index in [1.165, 1.54) is 24.4 Å². The van der Waals surface area contributed by atoms with E-state index in [0.717, 1.165) is 0 Å². The predicted molar refractivity (Wildman–Crippen MR) is 71.7 cm³/mol. The summed E-state index contributed by atoms with van der Waals surface area (Å²) in [6, 6.07) is 7.13. The maximum Gasteiger partial charge on any atom is 0.573 e. The van der Waals surface area contributed by atoms with Crippen molar-refractivity contribution >= 4 is 11.6 Å². The summed E-state index contributed by atoms with van der Waals surface area (Å²) in [6.45, 7) is 1.74. The van der Waals surface area contributed by atoms with Gasteiger partial charge < -0.3 is 9.47 Å². The molecule has 0 fully saturated rings. The Morgan fingerprint density at radius 2 is 1.81 bits per heavy atom. The second-order valence-corrected chi connectivity index (χ2v) is 4.43. The summed E-state index contributed by atoms with van der Waals surface area (Å²) in [5.74, 6) is 0.00719. The zero-order valence-corrected chi connectivity index (χ0v) is 11.7. The van der Waals surface area contributed by atoms with E-state index >= 15 is 0 Å². The van der Waals surface area contributed by atoms with Gasteiger partial charge in [0.15, 0.2) is 11.5 Å². The van der Waals surface area contributed by atoms with Gasteiger partial charge in [-0.15, -0.1) is 24.8 Å². The normalized spacial score (nSPS) is 11.3. The first-order chi connectivity index (χ1) is 9.89. The van der Waals surface area contributed by atoms with E-state index in [0.29, 0.717) is 17.0 Å². The first-order valence-corrected chi connectivity index (χ1v) is 6.46. The van der Waals surface area contributed by atoms with Crippen LogP contribution in [0.15, 0.2) is 36.5 Å². The van der Waals surface area contributed by atoms with Gasteiger partial charge in [0.05, 0.1) is 5.88 Å². The standard InChI is InChI=1S/C14H11ClF3NO2/c1-9-6-13(10(7-15)8-19-9)20-11-4-2-3-5-12(11)21-14(16,17)18/h2-6,8H,7H2,1H3. The molecule has 7 heteroatoms. The van der Waals surface area contributed by atoms with Crippen molar-refractivity contribution in [3.63, 3.8) is 0 Å². The molecular weight excluding hydrogens is 307 g/mol. The lowest BCUT2D eigenvalue weighted by molar-refractivity contribution is -0.275. The summed E-state index contributed by atoms with van der Waals surface area (Å²) in [7, 11) is 0. The Hall–Kier alpha value is -1.95. The molecule has 1 heterocycles. The van der Waals surface area contributed by atoms with E-state index in [1.807, 2.05) is 0 Å². The highest BCUT2D eigenvalue weighted by Crippen LogP contribution is 2.36. The fourth-order valence-electron chi connectivity index (χ4n) is 1.62. The average molecular weight is 318 g/mol. The molecule has 0 N–H and O–H groups in total. The number of rotatable bonds is 4. The SMILES string of the molecule is Cc1cc(Oc2ccccc2OC(F)(F)F)c(CCl)cn1. The number of ether oxygens (including phenoxy) is 2. The van der Waals surface area contributed by atoms with Gasteiger partial charge in [0.25, 0.3) is 0 Å². The number of para-hydroxylation sites is 2. The van der Waals surface area contributed by atoms with E-state index in [-0.39, 0.29) is 11.6 Å². The molecule has 0 atom stereocenters. The van der Waals surface area contributed by atoms with E-state index in [9.17, 15) is 13.2 Å². The Morgan fingerprint density at radius 1 is 1.14 bits per heavy atom. The summed E-state index contributed by atoms with van der Waals surface area (Å²) in [5.41, 5.74) is 1.23. The number of hydrogen-bond donors (Lipinski definition) is 0. The van der Waals surface area contributed by atoms with Crippen LogP contribution in [-0.2, 0) is 5.88 Å². The van der Waals surface area contributed by atoms with Crippen LogP contribution in [0.5, 0.6) is 17.2 Å². The first kappa shape index (κ1) is 15.4. The van der Waals surface area contributed by atoms with Crippen LogP contribution in [0.4, 0.5) is 13.2 Å². The van der Waals surface area contributed by atoms with Crippen LogP contribution in [0.3, 0.4) is 0 Å². The number of alkyl halides is 4. The monoisotopic (exact) mass is 317 g/mol. The molecule has 0 spiro atoms. The molecule has 0 saturated carbocycles. The molecule has 0 unspecified atom stereocenters. The molecule has 21 heavy (non-hydrogen) atoms. The lowest BCUT2D eigenvalue weighted by Gasteiger charge is -2.15. The van der Waals surface area contributed by atoms with Crippen LogP contribution in [0.1, 0.15) is 11.3 Å². The molecule has 2 rings (SSSR count). The van der Waals surface area contributed by atoms with Crippen LogP contribution in [0, 0.1) is 6.92 Å². The Labute approximate surface area is 124 Å². The zero-order valence-electron chi connectivity index (χ0n) is 10.9. The van der Waals surface area contributed by atoms with E-state index in [2.05, 4.69) is 9.72 Å². The second-order valence-electron chi connectivity index (χ2n) is 4.16. The third-order valence-corrected chi connectivity index (χ3v) is 2.81. The van der Waals surface area contributed by atoms with Crippen LogP contribution in [0.2, 0.25) is 0 Å². The van der Waals surface area contributed by atoms with Crippen LogP contribution < -0.4 is 9.47 Å². The zero-order chi connectivity index (χ0) is 15.5. The molecule has 0 aliphatic carbocycles. The van der Waals surface area contributed by atoms with E-state index in [4.69, 9.17) is 16.3 Å². The van der Waals surface area contributed by atoms with Gasteiger partial charge in [-0.1, -0.05) is 12.1 Å². The number of aromatic nitrogens is 1. The Bertz CT molecular complexity index is 632. The maximum absolute atomic E-state index is 12.4. The van der Waals surface area contributed by atoms with Crippen LogP contribution in [-0.4, -0.2) is 11.3 Å². The van der Waals surface area contributed by atoms with Gasteiger partial charge in [-0.2, -0.15) is 0 Å². The van der Waals surface area contributed by atoms with Crippen molar-refractivity contribution in [2.75, 3.05) is 0 Å². The maximum atomic E-state index is 12.4. The van der Waals surface area contributed by atoms with Crippen LogP contribution >= 0.6 is 11.6 Å². The molecular formula is C14H11ClF3NO2. The molecule has 0 aliphatic rings. The minimum atomic E-state index is -4.79. The highest BCUT2D eigenvalue weighted by atomic mass is 35.5. The number of nitrogens with zero attached hydrogens (tertiary/aromatic N) is 1. The van der Waals surface area contributed by atoms with Crippen molar-refractivity contribution in [2.45, 2.75) is 19.2 Å². The number of halogens is 4. The number of hydrogen-bond acceptors (Lipinski definition) is 3. The van der Waals surface area contributed by atoms with Gasteiger partial charge >= 0.3 is 6.36 Å². The van der Waals surface area contributed by atoms with Gasteiger partial charge in [0.2, 0.25) is 0 Å². The minimum absolute atomic E-state index is 0.0493. The summed E-state index contributed by atoms with van der Waals surface area (Å²) in [6.07, 6.45) is -3.27. The van der Waals surface area contributed by atoms with Crippen molar-refractivity contribution in [3.8, 4) is 17.2 Å². The Kier molecular flexibility index (Phi) is 4.57. The molecule has 1 aromatic heterocycles. The lowest BCUT2D eigenvalue weighted by Crippen LogP contribution is -2.17. The smallest absolute Gasteiger partial charge is 0.453 e. The van der Waals surface area contributed by atoms with Crippen molar-refractivity contribution in [1.82, 2.24) is 4.98 Å². The van der Waals surface area contributed by atoms with E-state index in [1.54, 1.807) is 19.1 Å². The van der Waals surface area contributed by atoms with Crippen LogP contribution in [0.25, 0.3) is 0 Å². The van der Waals surface area contributed by atoms with Crippen molar-refractivity contribution in [1.29, 1.82) is 0 Å². The Morgan fingerprint density at radius 3 is 2.43 bits per heavy atom. The van der Waals surface area contributed by atoms with Crippen molar-refractivity contribution in [3.05, 3.63) is 47.8 Å². The largest absolute Gasteiger partial charge is 0.573 e. The predicted octanol–water partition coefficient (Wildman–Crippen LogP) is 4.82. The molecule has 0 aliphatic heterocycles. The fraction of sp³-hybridized carbons (Fsp3) is 0.214. The number of aryl methyl sites for hydroxylation is 1. The summed E-state index contributed by atoms with van der Waals surface area (Å²) >= 11 is 5.77. The average Bonchev–Trinajstić information content (AvgIpc) is 2.40. The van der Waals surface area contributed by atoms with Gasteiger partial charge in [-0.3, -0.25) is 4.98 Å². The van der Waals surface area contributed by atoms with Gasteiger partial charge in [-0.05, 0) is 19.1 Å². The van der Waals surface area contributed by atoms with Crippen molar-refractivity contribution in [2.24, 2.45) is 0 Å². The third kappa shape index (κ3) is 4.26. The van der Waals surface area contributed by atoms with Gasteiger partial charge in [0.1, 0.15) is 5.75 Å². The number of benzene rings is 1.